The highest BCUT2D eigenvalue weighted by molar-refractivity contribution is 4.60. The second-order valence-corrected chi connectivity index (χ2v) is 3.24. The molecule has 0 rings (SSSR count). The molecule has 0 aromatic carbocycles. The van der Waals surface area contributed by atoms with Crippen LogP contribution in [-0.2, 0) is 0 Å². The van der Waals surface area contributed by atoms with E-state index >= 15 is 0 Å². The zero-order valence-electron chi connectivity index (χ0n) is 6.71. The fourth-order valence-corrected chi connectivity index (χ4v) is 0.354. The summed E-state index contributed by atoms with van der Waals surface area (Å²) in [6.45, 7) is 6.79. The van der Waals surface area contributed by atoms with Crippen molar-refractivity contribution in [3.63, 3.8) is 0 Å². The van der Waals surface area contributed by atoms with Crippen LogP contribution < -0.4 is 4.90 Å². The first-order valence-electron chi connectivity index (χ1n) is 3.31. The molecule has 0 radical (unpaired) electrons. The molecule has 8 heavy (non-hydrogen) atoms. The number of quaternary nitrogens is 1. The zero-order valence-corrected chi connectivity index (χ0v) is 6.71. The molecule has 0 aromatic heterocycles. The zero-order chi connectivity index (χ0) is 6.78. The number of rotatable bonds is 2. The third-order valence-electron chi connectivity index (χ3n) is 2.24. The van der Waals surface area contributed by atoms with Crippen molar-refractivity contribution < 1.29 is 4.90 Å². The van der Waals surface area contributed by atoms with Gasteiger partial charge in [0.25, 0.3) is 0 Å². The van der Waals surface area contributed by atoms with Gasteiger partial charge in [0.15, 0.2) is 0 Å². The average molecular weight is 116 g/mol. The van der Waals surface area contributed by atoms with Gasteiger partial charge < -0.3 is 4.90 Å². The van der Waals surface area contributed by atoms with Crippen molar-refractivity contribution in [1.29, 1.82) is 0 Å². The molecule has 0 aliphatic carbocycles. The van der Waals surface area contributed by atoms with Crippen molar-refractivity contribution in [2.45, 2.75) is 32.7 Å². The first kappa shape index (κ1) is 7.96. The fraction of sp³-hybridized carbons (Fsp3) is 1.00. The Morgan fingerprint density at radius 3 is 1.62 bits per heavy atom. The van der Waals surface area contributed by atoms with E-state index in [0.29, 0.717) is 5.54 Å². The summed E-state index contributed by atoms with van der Waals surface area (Å²) in [6, 6.07) is 0. The monoisotopic (exact) mass is 116 g/mol. The van der Waals surface area contributed by atoms with Crippen LogP contribution in [0.2, 0.25) is 0 Å². The second-order valence-electron chi connectivity index (χ2n) is 3.24. The molecule has 0 aliphatic rings. The molecule has 0 unspecified atom stereocenters. The minimum absolute atomic E-state index is 0.458. The fourth-order valence-electron chi connectivity index (χ4n) is 0.354. The first-order valence-corrected chi connectivity index (χ1v) is 3.31. The molecule has 0 amide bonds. The molecule has 50 valence electrons. The summed E-state index contributed by atoms with van der Waals surface area (Å²) < 4.78 is 0. The Kier molecular flexibility index (Phi) is 2.48. The highest BCUT2D eigenvalue weighted by Gasteiger charge is 2.20. The summed E-state index contributed by atoms with van der Waals surface area (Å²) in [5.41, 5.74) is 0.458. The topological polar surface area (TPSA) is 4.44 Å². The lowest BCUT2D eigenvalue weighted by Gasteiger charge is -2.27. The van der Waals surface area contributed by atoms with Crippen LogP contribution in [0.5, 0.6) is 0 Å². The Morgan fingerprint density at radius 1 is 1.25 bits per heavy atom. The average Bonchev–Trinajstić information content (AvgIpc) is 1.67. The van der Waals surface area contributed by atoms with E-state index in [1.165, 1.54) is 11.3 Å². The minimum Gasteiger partial charge on any atom is -0.335 e. The molecule has 0 aliphatic heterocycles. The molecule has 0 heterocycles. The Bertz CT molecular complexity index is 64.8. The SMILES string of the molecule is CCC(C)(C)[NH+](C)C. The van der Waals surface area contributed by atoms with Gasteiger partial charge in [0.1, 0.15) is 0 Å². The maximum atomic E-state index is 2.28. The van der Waals surface area contributed by atoms with E-state index < -0.39 is 0 Å². The summed E-state index contributed by atoms with van der Waals surface area (Å²) >= 11 is 0. The van der Waals surface area contributed by atoms with Crippen molar-refractivity contribution in [2.75, 3.05) is 14.1 Å². The molecule has 1 N–H and O–H groups in total. The van der Waals surface area contributed by atoms with E-state index in [1.54, 1.807) is 0 Å². The van der Waals surface area contributed by atoms with Crippen LogP contribution in [0.4, 0.5) is 0 Å². The molecule has 0 bridgehead atoms. The number of nitrogens with one attached hydrogen (secondary N) is 1. The van der Waals surface area contributed by atoms with Crippen LogP contribution in [0, 0.1) is 0 Å². The Morgan fingerprint density at radius 2 is 1.62 bits per heavy atom. The quantitative estimate of drug-likeness (QED) is 0.530. The van der Waals surface area contributed by atoms with Gasteiger partial charge in [0.2, 0.25) is 0 Å². The van der Waals surface area contributed by atoms with Crippen molar-refractivity contribution in [3.05, 3.63) is 0 Å². The predicted molar refractivity (Wildman–Crippen MR) is 37.2 cm³/mol. The molecule has 0 atom stereocenters. The van der Waals surface area contributed by atoms with Gasteiger partial charge >= 0.3 is 0 Å². The van der Waals surface area contributed by atoms with Gasteiger partial charge in [-0.3, -0.25) is 0 Å². The summed E-state index contributed by atoms with van der Waals surface area (Å²) in [7, 11) is 4.40. The van der Waals surface area contributed by atoms with E-state index in [-0.39, 0.29) is 0 Å². The Balaban J connectivity index is 3.71. The van der Waals surface area contributed by atoms with Gasteiger partial charge in [-0.2, -0.15) is 0 Å². The molecule has 0 saturated carbocycles. The molecular weight excluding hydrogens is 98.1 g/mol. The maximum absolute atomic E-state index is 2.28. The van der Waals surface area contributed by atoms with E-state index in [4.69, 9.17) is 0 Å². The summed E-state index contributed by atoms with van der Waals surface area (Å²) in [5.74, 6) is 0. The lowest BCUT2D eigenvalue weighted by molar-refractivity contribution is -0.911. The van der Waals surface area contributed by atoms with E-state index in [0.717, 1.165) is 0 Å². The maximum Gasteiger partial charge on any atom is 0.0913 e. The number of hydrogen-bond donors (Lipinski definition) is 1. The van der Waals surface area contributed by atoms with E-state index in [9.17, 15) is 0 Å². The van der Waals surface area contributed by atoms with Gasteiger partial charge in [0, 0.05) is 0 Å². The number of hydrogen-bond acceptors (Lipinski definition) is 0. The van der Waals surface area contributed by atoms with Crippen molar-refractivity contribution in [1.82, 2.24) is 0 Å². The molecular formula is C7H18N+. The third kappa shape index (κ3) is 1.83. The largest absolute Gasteiger partial charge is 0.335 e. The van der Waals surface area contributed by atoms with E-state index in [1.807, 2.05) is 0 Å². The highest BCUT2D eigenvalue weighted by atomic mass is 15.1. The van der Waals surface area contributed by atoms with Gasteiger partial charge in [0.05, 0.1) is 19.6 Å². The van der Waals surface area contributed by atoms with E-state index in [2.05, 4.69) is 34.9 Å². The van der Waals surface area contributed by atoms with Gasteiger partial charge in [-0.1, -0.05) is 6.92 Å². The van der Waals surface area contributed by atoms with Crippen LogP contribution in [0.1, 0.15) is 27.2 Å². The summed E-state index contributed by atoms with van der Waals surface area (Å²) in [6.07, 6.45) is 1.25. The van der Waals surface area contributed by atoms with Crippen LogP contribution >= 0.6 is 0 Å². The molecule has 0 fully saturated rings. The smallest absolute Gasteiger partial charge is 0.0913 e. The molecule has 0 aromatic rings. The first-order chi connectivity index (χ1) is 3.50. The van der Waals surface area contributed by atoms with Crippen LogP contribution in [0.25, 0.3) is 0 Å². The van der Waals surface area contributed by atoms with Crippen LogP contribution in [-0.4, -0.2) is 19.6 Å². The predicted octanol–water partition coefficient (Wildman–Crippen LogP) is 0.319. The lowest BCUT2D eigenvalue weighted by atomic mass is 10.0. The summed E-state index contributed by atoms with van der Waals surface area (Å²) in [5, 5.41) is 0. The highest BCUT2D eigenvalue weighted by Crippen LogP contribution is 1.99. The van der Waals surface area contributed by atoms with Crippen LogP contribution in [0.3, 0.4) is 0 Å². The lowest BCUT2D eigenvalue weighted by Crippen LogP contribution is -3.13. The molecule has 0 saturated heterocycles. The van der Waals surface area contributed by atoms with Gasteiger partial charge in [-0.15, -0.1) is 0 Å². The third-order valence-corrected chi connectivity index (χ3v) is 2.24. The minimum atomic E-state index is 0.458. The standard InChI is InChI=1S/C7H17N/c1-6-7(2,3)8(4)5/h6H2,1-5H3/p+1. The normalized spacial score (nSPS) is 12.8. The van der Waals surface area contributed by atoms with Gasteiger partial charge in [-0.05, 0) is 20.3 Å². The van der Waals surface area contributed by atoms with Crippen molar-refractivity contribution in [3.8, 4) is 0 Å². The Hall–Kier alpha value is -0.0400. The second kappa shape index (κ2) is 2.49. The molecule has 1 nitrogen and oxygen atoms in total. The molecule has 0 spiro atoms. The van der Waals surface area contributed by atoms with Crippen molar-refractivity contribution in [2.24, 2.45) is 0 Å². The van der Waals surface area contributed by atoms with Gasteiger partial charge in [-0.25, -0.2) is 0 Å². The Labute approximate surface area is 52.7 Å². The molecule has 1 heteroatoms. The summed E-state index contributed by atoms with van der Waals surface area (Å²) in [4.78, 5) is 1.53. The van der Waals surface area contributed by atoms with Crippen LogP contribution in [0.15, 0.2) is 0 Å². The van der Waals surface area contributed by atoms with Crippen molar-refractivity contribution >= 4 is 0 Å².